The van der Waals surface area contributed by atoms with Crippen LogP contribution >= 0.6 is 11.6 Å². The molecule has 0 amide bonds. The van der Waals surface area contributed by atoms with Gasteiger partial charge in [-0.1, -0.05) is 11.6 Å². The third kappa shape index (κ3) is 3.64. The highest BCUT2D eigenvalue weighted by molar-refractivity contribution is 6.31. The average molecular weight is 263 g/mol. The molecule has 0 aliphatic carbocycles. The van der Waals surface area contributed by atoms with Gasteiger partial charge in [-0.25, -0.2) is 4.39 Å². The normalized spacial score (nSPS) is 15.0. The number of benzene rings is 1. The van der Waals surface area contributed by atoms with Crippen LogP contribution in [0.4, 0.5) is 4.39 Å². The summed E-state index contributed by atoms with van der Waals surface area (Å²) in [7, 11) is 2.94. The van der Waals surface area contributed by atoms with Gasteiger partial charge in [-0.15, -0.1) is 0 Å². The maximum absolute atomic E-state index is 13.1. The summed E-state index contributed by atoms with van der Waals surface area (Å²) < 4.78 is 23.2. The van der Waals surface area contributed by atoms with Crippen LogP contribution in [0.15, 0.2) is 18.2 Å². The maximum Gasteiger partial charge on any atom is 0.159 e. The number of aliphatic hydroxyl groups is 1. The van der Waals surface area contributed by atoms with E-state index in [2.05, 4.69) is 0 Å². The summed E-state index contributed by atoms with van der Waals surface area (Å²) in [6, 6.07) is 3.87. The van der Waals surface area contributed by atoms with Crippen LogP contribution in [0.25, 0.3) is 0 Å². The van der Waals surface area contributed by atoms with E-state index in [1.165, 1.54) is 32.4 Å². The summed E-state index contributed by atoms with van der Waals surface area (Å²) in [6.45, 7) is 1.54. The molecule has 1 unspecified atom stereocenters. The molecule has 1 rings (SSSR count). The fourth-order valence-electron chi connectivity index (χ4n) is 1.61. The minimum Gasteiger partial charge on any atom is -0.385 e. The molecule has 1 N–H and O–H groups in total. The molecule has 3 nitrogen and oxygen atoms in total. The molecule has 0 saturated heterocycles. The molecule has 0 aromatic heterocycles. The molecule has 0 aliphatic heterocycles. The Labute approximate surface area is 105 Å². The first-order valence-electron chi connectivity index (χ1n) is 5.14. The number of hydrogen-bond donors (Lipinski definition) is 1. The Balaban J connectivity index is 2.99. The number of halogens is 2. The van der Waals surface area contributed by atoms with E-state index < -0.39 is 17.7 Å². The molecule has 0 radical (unpaired) electrons. The van der Waals surface area contributed by atoms with Crippen LogP contribution < -0.4 is 0 Å². The Morgan fingerprint density at radius 1 is 1.41 bits per heavy atom. The quantitative estimate of drug-likeness (QED) is 0.830. The lowest BCUT2D eigenvalue weighted by Gasteiger charge is -2.28. The molecule has 0 aliphatic rings. The van der Waals surface area contributed by atoms with Crippen LogP contribution in [0.3, 0.4) is 0 Å². The van der Waals surface area contributed by atoms with E-state index in [0.29, 0.717) is 10.6 Å². The number of hydrogen-bond acceptors (Lipinski definition) is 3. The van der Waals surface area contributed by atoms with Crippen molar-refractivity contribution in [2.75, 3.05) is 14.2 Å². The zero-order valence-electron chi connectivity index (χ0n) is 10.0. The predicted octanol–water partition coefficient (Wildman–Crippen LogP) is 2.70. The molecule has 5 heteroatoms. The standard InChI is InChI=1S/C12H16ClFO3/c1-12(15,7-11(16-2)17-3)9-6-8(14)4-5-10(9)13/h4-6,11,15H,7H2,1-3H3. The maximum atomic E-state index is 13.1. The molecular formula is C12H16ClFO3. The molecule has 17 heavy (non-hydrogen) atoms. The Hall–Kier alpha value is -0.680. The van der Waals surface area contributed by atoms with Crippen molar-refractivity contribution in [1.82, 2.24) is 0 Å². The van der Waals surface area contributed by atoms with Crippen molar-refractivity contribution in [3.05, 3.63) is 34.6 Å². The van der Waals surface area contributed by atoms with E-state index in [9.17, 15) is 9.50 Å². The Morgan fingerprint density at radius 2 is 2.00 bits per heavy atom. The Morgan fingerprint density at radius 3 is 2.53 bits per heavy atom. The van der Waals surface area contributed by atoms with E-state index in [-0.39, 0.29) is 6.42 Å². The molecule has 0 bridgehead atoms. The first-order valence-corrected chi connectivity index (χ1v) is 5.52. The molecule has 1 atom stereocenters. The summed E-state index contributed by atoms with van der Waals surface area (Å²) in [6.07, 6.45) is -0.423. The number of ether oxygens (including phenoxy) is 2. The molecule has 0 saturated carbocycles. The first kappa shape index (κ1) is 14.4. The third-order valence-corrected chi connectivity index (χ3v) is 2.93. The van der Waals surface area contributed by atoms with E-state index in [0.717, 1.165) is 0 Å². The minimum absolute atomic E-state index is 0.156. The zero-order chi connectivity index (χ0) is 13.1. The molecule has 0 spiro atoms. The molecular weight excluding hydrogens is 247 g/mol. The fraction of sp³-hybridized carbons (Fsp3) is 0.500. The molecule has 1 aromatic rings. The smallest absolute Gasteiger partial charge is 0.159 e. The Bertz CT molecular complexity index is 378. The van der Waals surface area contributed by atoms with E-state index in [1.807, 2.05) is 0 Å². The second-order valence-corrected chi connectivity index (χ2v) is 4.41. The van der Waals surface area contributed by atoms with Crippen LogP contribution in [-0.2, 0) is 15.1 Å². The summed E-state index contributed by atoms with van der Waals surface area (Å²) in [5.74, 6) is -0.448. The highest BCUT2D eigenvalue weighted by atomic mass is 35.5. The van der Waals surface area contributed by atoms with Crippen molar-refractivity contribution in [1.29, 1.82) is 0 Å². The van der Waals surface area contributed by atoms with Gasteiger partial charge in [0.1, 0.15) is 5.82 Å². The van der Waals surface area contributed by atoms with Gasteiger partial charge in [0.25, 0.3) is 0 Å². The lowest BCUT2D eigenvalue weighted by atomic mass is 9.92. The number of methoxy groups -OCH3 is 2. The number of rotatable bonds is 5. The van der Waals surface area contributed by atoms with Gasteiger partial charge in [-0.05, 0) is 25.1 Å². The Kier molecular flexibility index (Phi) is 4.89. The molecule has 0 heterocycles. The van der Waals surface area contributed by atoms with Crippen LogP contribution in [0.1, 0.15) is 18.9 Å². The van der Waals surface area contributed by atoms with Crippen LogP contribution in [0.5, 0.6) is 0 Å². The highest BCUT2D eigenvalue weighted by Gasteiger charge is 2.30. The van der Waals surface area contributed by atoms with Gasteiger partial charge in [0, 0.05) is 31.2 Å². The first-order chi connectivity index (χ1) is 7.90. The van der Waals surface area contributed by atoms with Crippen molar-refractivity contribution < 1.29 is 19.0 Å². The van der Waals surface area contributed by atoms with Crippen molar-refractivity contribution in [3.8, 4) is 0 Å². The largest absolute Gasteiger partial charge is 0.385 e. The summed E-state index contributed by atoms with van der Waals surface area (Å²) >= 11 is 5.94. The van der Waals surface area contributed by atoms with Gasteiger partial charge >= 0.3 is 0 Å². The summed E-state index contributed by atoms with van der Waals surface area (Å²) in [4.78, 5) is 0. The van der Waals surface area contributed by atoms with Crippen LogP contribution in [0, 0.1) is 5.82 Å². The van der Waals surface area contributed by atoms with Crippen LogP contribution in [-0.4, -0.2) is 25.6 Å². The fourth-order valence-corrected chi connectivity index (χ4v) is 1.93. The zero-order valence-corrected chi connectivity index (χ0v) is 10.8. The summed E-state index contributed by atoms with van der Waals surface area (Å²) in [5, 5.41) is 10.6. The van der Waals surface area contributed by atoms with E-state index in [4.69, 9.17) is 21.1 Å². The lowest BCUT2D eigenvalue weighted by Crippen LogP contribution is -2.30. The second kappa shape index (κ2) is 5.78. The SMILES string of the molecule is COC(CC(C)(O)c1cc(F)ccc1Cl)OC. The lowest BCUT2D eigenvalue weighted by molar-refractivity contribution is -0.142. The monoisotopic (exact) mass is 262 g/mol. The van der Waals surface area contributed by atoms with Gasteiger partial charge in [-0.2, -0.15) is 0 Å². The minimum atomic E-state index is -1.32. The van der Waals surface area contributed by atoms with Gasteiger partial charge in [0.15, 0.2) is 6.29 Å². The highest BCUT2D eigenvalue weighted by Crippen LogP contribution is 2.32. The topological polar surface area (TPSA) is 38.7 Å². The van der Waals surface area contributed by atoms with Gasteiger partial charge in [0.05, 0.1) is 5.60 Å². The van der Waals surface area contributed by atoms with Crippen molar-refractivity contribution >= 4 is 11.6 Å². The van der Waals surface area contributed by atoms with Crippen molar-refractivity contribution in [2.24, 2.45) is 0 Å². The van der Waals surface area contributed by atoms with Crippen LogP contribution in [0.2, 0.25) is 5.02 Å². The summed E-state index contributed by atoms with van der Waals surface area (Å²) in [5.41, 5.74) is -1.01. The molecule has 1 aromatic carbocycles. The molecule has 0 fully saturated rings. The van der Waals surface area contributed by atoms with E-state index >= 15 is 0 Å². The van der Waals surface area contributed by atoms with Crippen molar-refractivity contribution in [2.45, 2.75) is 25.2 Å². The van der Waals surface area contributed by atoms with Gasteiger partial charge in [-0.3, -0.25) is 0 Å². The van der Waals surface area contributed by atoms with Gasteiger partial charge < -0.3 is 14.6 Å². The van der Waals surface area contributed by atoms with E-state index in [1.54, 1.807) is 6.92 Å². The third-order valence-electron chi connectivity index (χ3n) is 2.60. The molecule has 96 valence electrons. The van der Waals surface area contributed by atoms with Crippen molar-refractivity contribution in [3.63, 3.8) is 0 Å². The van der Waals surface area contributed by atoms with Gasteiger partial charge in [0.2, 0.25) is 0 Å². The average Bonchev–Trinajstić information content (AvgIpc) is 2.29. The predicted molar refractivity (Wildman–Crippen MR) is 63.4 cm³/mol. The second-order valence-electron chi connectivity index (χ2n) is 4.00.